The smallest absolute Gasteiger partial charge is 0.191 e. The molecule has 2 heterocycles. The summed E-state index contributed by atoms with van der Waals surface area (Å²) >= 11 is 0. The molecule has 1 fully saturated rings. The maximum absolute atomic E-state index is 13.9. The van der Waals surface area contributed by atoms with E-state index in [0.29, 0.717) is 5.82 Å². The van der Waals surface area contributed by atoms with E-state index >= 15 is 0 Å². The van der Waals surface area contributed by atoms with Gasteiger partial charge < -0.3 is 15.5 Å². The molecule has 0 saturated carbocycles. The van der Waals surface area contributed by atoms with Crippen LogP contribution in [0.3, 0.4) is 0 Å². The van der Waals surface area contributed by atoms with Gasteiger partial charge in [-0.15, -0.1) is 24.0 Å². The van der Waals surface area contributed by atoms with Gasteiger partial charge in [0, 0.05) is 38.4 Å². The quantitative estimate of drug-likeness (QED) is 0.365. The maximum Gasteiger partial charge on any atom is 0.191 e. The van der Waals surface area contributed by atoms with Gasteiger partial charge in [0.15, 0.2) is 17.6 Å². The van der Waals surface area contributed by atoms with Crippen LogP contribution in [0, 0.1) is 12.7 Å². The summed E-state index contributed by atoms with van der Waals surface area (Å²) < 4.78 is 13.9. The molecule has 2 aromatic rings. The van der Waals surface area contributed by atoms with Gasteiger partial charge in [0.2, 0.25) is 0 Å². The van der Waals surface area contributed by atoms with Crippen LogP contribution in [-0.2, 0) is 6.42 Å². The number of halogens is 2. The Morgan fingerprint density at radius 1 is 1.32 bits per heavy atom. The predicted octanol–water partition coefficient (Wildman–Crippen LogP) is 3.52. The molecule has 2 N–H and O–H groups in total. The van der Waals surface area contributed by atoms with E-state index in [2.05, 4.69) is 53.7 Å². The summed E-state index contributed by atoms with van der Waals surface area (Å²) in [6, 6.07) is 11.8. The number of anilines is 1. The van der Waals surface area contributed by atoms with Gasteiger partial charge >= 0.3 is 0 Å². The van der Waals surface area contributed by atoms with Gasteiger partial charge in [0.1, 0.15) is 0 Å². The van der Waals surface area contributed by atoms with Crippen molar-refractivity contribution in [3.8, 4) is 0 Å². The van der Waals surface area contributed by atoms with Crippen molar-refractivity contribution in [1.82, 2.24) is 15.6 Å². The second-order valence-corrected chi connectivity index (χ2v) is 6.88. The topological polar surface area (TPSA) is 52.6 Å². The van der Waals surface area contributed by atoms with Crippen LogP contribution in [0.2, 0.25) is 0 Å². The molecule has 0 aliphatic carbocycles. The lowest BCUT2D eigenvalue weighted by Gasteiger charge is -2.20. The monoisotopic (exact) mass is 497 g/mol. The molecule has 1 saturated heterocycles. The van der Waals surface area contributed by atoms with Crippen molar-refractivity contribution >= 4 is 35.8 Å². The van der Waals surface area contributed by atoms with Crippen molar-refractivity contribution in [2.45, 2.75) is 32.7 Å². The summed E-state index contributed by atoms with van der Waals surface area (Å²) in [6.45, 7) is 7.20. The number of aryl methyl sites for hydroxylation is 1. The van der Waals surface area contributed by atoms with Crippen LogP contribution in [0.15, 0.2) is 47.6 Å². The van der Waals surface area contributed by atoms with Crippen LogP contribution in [0.25, 0.3) is 0 Å². The van der Waals surface area contributed by atoms with Gasteiger partial charge in [0.25, 0.3) is 0 Å². The molecular weight excluding hydrogens is 468 g/mol. The standard InChI is InChI=1S/C21H28FN5.HI/c1-3-23-21(25-12-9-17-7-4-6-16(2)14-17)26-18-10-13-27(15-18)20-19(22)8-5-11-24-20;/h4-8,11,14,18H,3,9-10,12-13,15H2,1-2H3,(H2,23,25,26);1H. The van der Waals surface area contributed by atoms with E-state index in [1.807, 2.05) is 4.90 Å². The zero-order valence-electron chi connectivity index (χ0n) is 16.5. The molecular formula is C21H29FIN5. The number of guanidine groups is 1. The first-order chi connectivity index (χ1) is 13.2. The highest BCUT2D eigenvalue weighted by Gasteiger charge is 2.25. The van der Waals surface area contributed by atoms with Crippen molar-refractivity contribution in [2.75, 3.05) is 31.1 Å². The molecule has 0 radical (unpaired) electrons. The lowest BCUT2D eigenvalue weighted by atomic mass is 10.1. The molecule has 0 bridgehead atoms. The Bertz CT molecular complexity index is 783. The third-order valence-corrected chi connectivity index (χ3v) is 4.66. The average Bonchev–Trinajstić information content (AvgIpc) is 3.10. The first kappa shape index (κ1) is 22.4. The molecule has 0 amide bonds. The van der Waals surface area contributed by atoms with Crippen LogP contribution >= 0.6 is 24.0 Å². The highest BCUT2D eigenvalue weighted by Crippen LogP contribution is 2.20. The Kier molecular flexibility index (Phi) is 8.95. The number of rotatable bonds is 6. The fourth-order valence-electron chi connectivity index (χ4n) is 3.36. The lowest BCUT2D eigenvalue weighted by Crippen LogP contribution is -2.44. The van der Waals surface area contributed by atoms with Crippen molar-refractivity contribution in [1.29, 1.82) is 0 Å². The molecule has 1 unspecified atom stereocenters. The Labute approximate surface area is 183 Å². The van der Waals surface area contributed by atoms with Crippen molar-refractivity contribution in [3.05, 3.63) is 59.5 Å². The molecule has 28 heavy (non-hydrogen) atoms. The Hall–Kier alpha value is -1.90. The minimum Gasteiger partial charge on any atom is -0.357 e. The Morgan fingerprint density at radius 2 is 2.18 bits per heavy atom. The zero-order valence-corrected chi connectivity index (χ0v) is 18.8. The number of nitrogens with one attached hydrogen (secondary N) is 2. The van der Waals surface area contributed by atoms with Crippen molar-refractivity contribution in [3.63, 3.8) is 0 Å². The number of benzene rings is 1. The van der Waals surface area contributed by atoms with E-state index in [1.54, 1.807) is 12.3 Å². The predicted molar refractivity (Wildman–Crippen MR) is 124 cm³/mol. The van der Waals surface area contributed by atoms with Crippen LogP contribution in [-0.4, -0.2) is 43.2 Å². The van der Waals surface area contributed by atoms with Crippen LogP contribution in [0.1, 0.15) is 24.5 Å². The molecule has 152 valence electrons. The molecule has 1 aromatic heterocycles. The molecule has 1 aliphatic heterocycles. The number of pyridine rings is 1. The summed E-state index contributed by atoms with van der Waals surface area (Å²) in [5.74, 6) is 0.985. The Morgan fingerprint density at radius 3 is 2.93 bits per heavy atom. The fourth-order valence-corrected chi connectivity index (χ4v) is 3.36. The summed E-state index contributed by atoms with van der Waals surface area (Å²) in [5.41, 5.74) is 2.57. The fraction of sp³-hybridized carbons (Fsp3) is 0.429. The molecule has 1 atom stereocenters. The van der Waals surface area contributed by atoms with Crippen LogP contribution in [0.5, 0.6) is 0 Å². The Balaban J connectivity index is 0.00000280. The molecule has 7 heteroatoms. The number of nitrogens with zero attached hydrogens (tertiary/aromatic N) is 3. The van der Waals surface area contributed by atoms with Crippen molar-refractivity contribution in [2.24, 2.45) is 4.99 Å². The van der Waals surface area contributed by atoms with Crippen LogP contribution in [0.4, 0.5) is 10.2 Å². The summed E-state index contributed by atoms with van der Waals surface area (Å²) in [5, 5.41) is 6.78. The minimum absolute atomic E-state index is 0. The first-order valence-electron chi connectivity index (χ1n) is 9.61. The van der Waals surface area contributed by atoms with Gasteiger partial charge in [-0.2, -0.15) is 0 Å². The van der Waals surface area contributed by atoms with E-state index in [-0.39, 0.29) is 35.8 Å². The summed E-state index contributed by atoms with van der Waals surface area (Å²) in [4.78, 5) is 10.9. The van der Waals surface area contributed by atoms with Gasteiger partial charge in [-0.3, -0.25) is 4.99 Å². The van der Waals surface area contributed by atoms with Gasteiger partial charge in [-0.05, 0) is 44.4 Å². The van der Waals surface area contributed by atoms with E-state index in [1.165, 1.54) is 17.2 Å². The number of aliphatic imine (C=N–C) groups is 1. The SMILES string of the molecule is CCNC(=NCCc1cccc(C)c1)NC1CCN(c2ncccc2F)C1.I. The minimum atomic E-state index is -0.267. The highest BCUT2D eigenvalue weighted by molar-refractivity contribution is 14.0. The molecule has 1 aromatic carbocycles. The number of hydrogen-bond donors (Lipinski definition) is 2. The van der Waals surface area contributed by atoms with Crippen molar-refractivity contribution < 1.29 is 4.39 Å². The van der Waals surface area contributed by atoms with Crippen LogP contribution < -0.4 is 15.5 Å². The van der Waals surface area contributed by atoms with Gasteiger partial charge in [0.05, 0.1) is 0 Å². The maximum atomic E-state index is 13.9. The zero-order chi connectivity index (χ0) is 19.1. The molecule has 5 nitrogen and oxygen atoms in total. The molecule has 1 aliphatic rings. The average molecular weight is 497 g/mol. The molecule has 3 rings (SSSR count). The number of hydrogen-bond acceptors (Lipinski definition) is 3. The summed E-state index contributed by atoms with van der Waals surface area (Å²) in [6.07, 6.45) is 3.47. The third-order valence-electron chi connectivity index (χ3n) is 4.66. The second-order valence-electron chi connectivity index (χ2n) is 6.88. The number of aromatic nitrogens is 1. The van der Waals surface area contributed by atoms with E-state index < -0.39 is 0 Å². The summed E-state index contributed by atoms with van der Waals surface area (Å²) in [7, 11) is 0. The van der Waals surface area contributed by atoms with E-state index in [0.717, 1.165) is 45.0 Å². The molecule has 0 spiro atoms. The van der Waals surface area contributed by atoms with E-state index in [4.69, 9.17) is 4.99 Å². The largest absolute Gasteiger partial charge is 0.357 e. The normalized spacial score (nSPS) is 16.6. The van der Waals surface area contributed by atoms with E-state index in [9.17, 15) is 4.39 Å². The first-order valence-corrected chi connectivity index (χ1v) is 9.61. The van der Waals surface area contributed by atoms with Gasteiger partial charge in [-0.25, -0.2) is 9.37 Å². The highest BCUT2D eigenvalue weighted by atomic mass is 127. The lowest BCUT2D eigenvalue weighted by molar-refractivity contribution is 0.612. The second kappa shape index (κ2) is 11.2. The third kappa shape index (κ3) is 6.32. The van der Waals surface area contributed by atoms with Gasteiger partial charge in [-0.1, -0.05) is 29.8 Å².